The summed E-state index contributed by atoms with van der Waals surface area (Å²) in [4.78, 5) is 32.1. The van der Waals surface area contributed by atoms with E-state index >= 15 is 0 Å². The maximum absolute atomic E-state index is 14.1. The zero-order valence-corrected chi connectivity index (χ0v) is 16.9. The molecule has 1 aliphatic carbocycles. The molecular weight excluding hydrogens is 377 g/mol. The van der Waals surface area contributed by atoms with Gasteiger partial charge in [0, 0.05) is 31.5 Å². The molecule has 1 saturated carbocycles. The molecular formula is C21H24FN3O2S. The first kappa shape index (κ1) is 20.2. The zero-order chi connectivity index (χ0) is 20.1. The lowest BCUT2D eigenvalue weighted by Crippen LogP contribution is -2.32. The van der Waals surface area contributed by atoms with E-state index in [-0.39, 0.29) is 17.5 Å². The molecule has 3 rings (SSSR count). The summed E-state index contributed by atoms with van der Waals surface area (Å²) in [6.07, 6.45) is 6.49. The Balaban J connectivity index is 1.74. The van der Waals surface area contributed by atoms with Gasteiger partial charge in [-0.25, -0.2) is 9.37 Å². The molecule has 2 aromatic rings. The predicted octanol–water partition coefficient (Wildman–Crippen LogP) is 4.63. The summed E-state index contributed by atoms with van der Waals surface area (Å²) >= 11 is 1.23. The van der Waals surface area contributed by atoms with Gasteiger partial charge >= 0.3 is 0 Å². The molecule has 7 heteroatoms. The molecule has 0 unspecified atom stereocenters. The molecule has 0 N–H and O–H groups in total. The summed E-state index contributed by atoms with van der Waals surface area (Å²) in [5.74, 6) is -0.208. The summed E-state index contributed by atoms with van der Waals surface area (Å²) in [7, 11) is 0. The molecule has 1 heterocycles. The van der Waals surface area contributed by atoms with E-state index in [0.29, 0.717) is 16.7 Å². The third-order valence-electron chi connectivity index (χ3n) is 4.49. The summed E-state index contributed by atoms with van der Waals surface area (Å²) in [5, 5.41) is 2.12. The van der Waals surface area contributed by atoms with Gasteiger partial charge in [0.1, 0.15) is 5.82 Å². The van der Waals surface area contributed by atoms with Crippen molar-refractivity contribution in [3.8, 4) is 0 Å². The van der Waals surface area contributed by atoms with Crippen molar-refractivity contribution in [1.29, 1.82) is 0 Å². The second kappa shape index (κ2) is 9.10. The molecule has 0 aliphatic heterocycles. The van der Waals surface area contributed by atoms with E-state index in [0.717, 1.165) is 19.5 Å². The number of hydrogen-bond acceptors (Lipinski definition) is 4. The molecule has 1 aromatic carbocycles. The third kappa shape index (κ3) is 5.04. The molecule has 0 bridgehead atoms. The molecule has 0 radical (unpaired) electrons. The van der Waals surface area contributed by atoms with Crippen molar-refractivity contribution in [2.45, 2.75) is 33.1 Å². The van der Waals surface area contributed by atoms with Crippen molar-refractivity contribution < 1.29 is 14.0 Å². The highest BCUT2D eigenvalue weighted by Crippen LogP contribution is 2.31. The lowest BCUT2D eigenvalue weighted by atomic mass is 10.3. The summed E-state index contributed by atoms with van der Waals surface area (Å²) < 4.78 is 14.1. The first-order valence-corrected chi connectivity index (χ1v) is 10.3. The number of carbonyl (C=O) groups excluding carboxylic acids is 2. The van der Waals surface area contributed by atoms with Crippen molar-refractivity contribution in [2.75, 3.05) is 18.0 Å². The number of carbonyl (C=O) groups is 2. The molecule has 2 amide bonds. The van der Waals surface area contributed by atoms with Crippen LogP contribution >= 0.6 is 11.3 Å². The van der Waals surface area contributed by atoms with E-state index in [1.165, 1.54) is 54.2 Å². The minimum Gasteiger partial charge on any atom is -0.339 e. The minimum atomic E-state index is -0.490. The largest absolute Gasteiger partial charge is 0.339 e. The number of thiazole rings is 1. The number of hydrogen-bond donors (Lipinski definition) is 0. The molecule has 0 saturated heterocycles. The predicted molar refractivity (Wildman–Crippen MR) is 110 cm³/mol. The fourth-order valence-corrected chi connectivity index (χ4v) is 3.78. The van der Waals surface area contributed by atoms with Gasteiger partial charge in [-0.2, -0.15) is 0 Å². The summed E-state index contributed by atoms with van der Waals surface area (Å²) in [6, 6.07) is 6.09. The molecule has 0 atom stereocenters. The Hall–Kier alpha value is -2.54. The van der Waals surface area contributed by atoms with Crippen molar-refractivity contribution in [3.05, 3.63) is 47.2 Å². The van der Waals surface area contributed by atoms with Gasteiger partial charge in [-0.15, -0.1) is 11.3 Å². The van der Waals surface area contributed by atoms with Crippen LogP contribution in [0.2, 0.25) is 0 Å². The number of benzene rings is 1. The van der Waals surface area contributed by atoms with Gasteiger partial charge in [0.25, 0.3) is 0 Å². The fraction of sp³-hybridized carbons (Fsp3) is 0.381. The Bertz CT molecular complexity index is 876. The quantitative estimate of drug-likeness (QED) is 0.606. The van der Waals surface area contributed by atoms with Crippen molar-refractivity contribution >= 4 is 40.0 Å². The highest BCUT2D eigenvalue weighted by atomic mass is 32.1. The fourth-order valence-electron chi connectivity index (χ4n) is 2.93. The van der Waals surface area contributed by atoms with Crippen LogP contribution in [0.1, 0.15) is 38.8 Å². The van der Waals surface area contributed by atoms with E-state index in [9.17, 15) is 14.0 Å². The van der Waals surface area contributed by atoms with Crippen LogP contribution in [-0.2, 0) is 9.59 Å². The van der Waals surface area contributed by atoms with E-state index in [1.807, 2.05) is 4.90 Å². The van der Waals surface area contributed by atoms with E-state index in [4.69, 9.17) is 0 Å². The van der Waals surface area contributed by atoms with Gasteiger partial charge < -0.3 is 4.90 Å². The van der Waals surface area contributed by atoms with Crippen LogP contribution in [0, 0.1) is 11.7 Å². The molecule has 1 fully saturated rings. The summed E-state index contributed by atoms with van der Waals surface area (Å²) in [5.41, 5.74) is 0.730. The van der Waals surface area contributed by atoms with Gasteiger partial charge in [0.05, 0.1) is 11.4 Å². The number of halogens is 1. The highest BCUT2D eigenvalue weighted by Gasteiger charge is 2.25. The van der Waals surface area contributed by atoms with E-state index in [2.05, 4.69) is 11.9 Å². The van der Waals surface area contributed by atoms with E-state index < -0.39 is 5.82 Å². The van der Waals surface area contributed by atoms with E-state index in [1.54, 1.807) is 23.6 Å². The van der Waals surface area contributed by atoms with Gasteiger partial charge in [0.2, 0.25) is 11.8 Å². The van der Waals surface area contributed by atoms with Crippen LogP contribution in [0.4, 0.5) is 15.2 Å². The van der Waals surface area contributed by atoms with Gasteiger partial charge in [-0.3, -0.25) is 14.5 Å². The standard InChI is InChI=1S/C21H24FN3O2S/c1-3-12-24(13-16-8-9-16)20(27)11-10-17-14-28-21(23-17)25(15(2)26)19-7-5-4-6-18(19)22/h4-7,10-11,14,16H,3,8-9,12-13H2,1-2H3/b11-10+. The molecule has 5 nitrogen and oxygen atoms in total. The molecule has 28 heavy (non-hydrogen) atoms. The second-order valence-corrected chi connectivity index (χ2v) is 7.76. The maximum atomic E-state index is 14.1. The Labute approximate surface area is 168 Å². The van der Waals surface area contributed by atoms with Crippen LogP contribution in [0.5, 0.6) is 0 Å². The monoisotopic (exact) mass is 401 g/mol. The normalized spacial score (nSPS) is 13.7. The average Bonchev–Trinajstić information content (AvgIpc) is 3.37. The molecule has 148 valence electrons. The number of amides is 2. The first-order valence-electron chi connectivity index (χ1n) is 9.47. The Morgan fingerprint density at radius 2 is 2.07 bits per heavy atom. The number of para-hydroxylation sites is 1. The topological polar surface area (TPSA) is 53.5 Å². The Morgan fingerprint density at radius 1 is 1.32 bits per heavy atom. The SMILES string of the molecule is CCCN(CC1CC1)C(=O)/C=C/c1csc(N(C(C)=O)c2ccccc2F)n1. The lowest BCUT2D eigenvalue weighted by molar-refractivity contribution is -0.126. The molecule has 1 aliphatic rings. The van der Waals surface area contributed by atoms with Gasteiger partial charge in [-0.1, -0.05) is 19.1 Å². The van der Waals surface area contributed by atoms with Crippen LogP contribution in [0.15, 0.2) is 35.7 Å². The van der Waals surface area contributed by atoms with Crippen molar-refractivity contribution in [1.82, 2.24) is 9.88 Å². The summed E-state index contributed by atoms with van der Waals surface area (Å²) in [6.45, 7) is 4.98. The number of rotatable bonds is 8. The minimum absolute atomic E-state index is 0.0270. The van der Waals surface area contributed by atoms with Crippen molar-refractivity contribution in [3.63, 3.8) is 0 Å². The number of nitrogens with zero attached hydrogens (tertiary/aromatic N) is 3. The Morgan fingerprint density at radius 3 is 2.71 bits per heavy atom. The lowest BCUT2D eigenvalue weighted by Gasteiger charge is -2.20. The van der Waals surface area contributed by atoms with Crippen LogP contribution in [0.25, 0.3) is 6.08 Å². The third-order valence-corrected chi connectivity index (χ3v) is 5.33. The smallest absolute Gasteiger partial charge is 0.246 e. The van der Waals surface area contributed by atoms with Crippen molar-refractivity contribution in [2.24, 2.45) is 5.92 Å². The van der Waals surface area contributed by atoms with Gasteiger partial charge in [-0.05, 0) is 43.4 Å². The second-order valence-electron chi connectivity index (χ2n) is 6.92. The molecule has 0 spiro atoms. The zero-order valence-electron chi connectivity index (χ0n) is 16.1. The van der Waals surface area contributed by atoms with Gasteiger partial charge in [0.15, 0.2) is 5.13 Å². The van der Waals surface area contributed by atoms with Crippen LogP contribution in [0.3, 0.4) is 0 Å². The highest BCUT2D eigenvalue weighted by molar-refractivity contribution is 7.14. The Kier molecular flexibility index (Phi) is 6.57. The number of aromatic nitrogens is 1. The first-order chi connectivity index (χ1) is 13.5. The number of anilines is 2. The maximum Gasteiger partial charge on any atom is 0.246 e. The van der Waals surface area contributed by atoms with Crippen LogP contribution in [-0.4, -0.2) is 34.8 Å². The average molecular weight is 402 g/mol. The van der Waals surface area contributed by atoms with Crippen LogP contribution < -0.4 is 4.90 Å². The molecule has 1 aromatic heterocycles.